The monoisotopic (exact) mass is 452 g/mol. The van der Waals surface area contributed by atoms with Gasteiger partial charge in [-0.2, -0.15) is 0 Å². The topological polar surface area (TPSA) is 41.4 Å². The first-order valence-electron chi connectivity index (χ1n) is 9.93. The van der Waals surface area contributed by atoms with E-state index in [1.165, 1.54) is 5.56 Å². The maximum atomic E-state index is 13.0. The van der Waals surface area contributed by atoms with Gasteiger partial charge < -0.3 is 4.90 Å². The van der Waals surface area contributed by atoms with Crippen molar-refractivity contribution in [1.82, 2.24) is 19.4 Å². The molecule has 150 valence electrons. The lowest BCUT2D eigenvalue weighted by Gasteiger charge is -2.36. The third-order valence-corrected chi connectivity index (χ3v) is 6.07. The second-order valence-electron chi connectivity index (χ2n) is 7.56. The van der Waals surface area contributed by atoms with Crippen LogP contribution in [0, 0.1) is 0 Å². The van der Waals surface area contributed by atoms with Gasteiger partial charge in [0.1, 0.15) is 6.33 Å². The van der Waals surface area contributed by atoms with E-state index in [2.05, 4.69) is 56.1 Å². The van der Waals surface area contributed by atoms with Crippen molar-refractivity contribution in [2.45, 2.75) is 25.4 Å². The van der Waals surface area contributed by atoms with Crippen LogP contribution in [0.2, 0.25) is 0 Å². The molecule has 4 rings (SSSR count). The van der Waals surface area contributed by atoms with Crippen LogP contribution in [0.5, 0.6) is 0 Å². The molecule has 1 aromatic heterocycles. The lowest BCUT2D eigenvalue weighted by Crippen LogP contribution is -2.46. The van der Waals surface area contributed by atoms with Gasteiger partial charge in [-0.05, 0) is 30.5 Å². The van der Waals surface area contributed by atoms with Crippen LogP contribution >= 0.6 is 15.9 Å². The van der Waals surface area contributed by atoms with E-state index in [-0.39, 0.29) is 12.1 Å². The van der Waals surface area contributed by atoms with Crippen LogP contribution in [-0.2, 0) is 6.54 Å². The fraction of sp³-hybridized carbons (Fsp3) is 0.304. The zero-order valence-electron chi connectivity index (χ0n) is 16.5. The van der Waals surface area contributed by atoms with E-state index in [0.29, 0.717) is 0 Å². The Hall–Kier alpha value is -2.44. The molecule has 0 spiro atoms. The third-order valence-electron chi connectivity index (χ3n) is 5.58. The van der Waals surface area contributed by atoms with Crippen LogP contribution in [0.3, 0.4) is 0 Å². The fourth-order valence-corrected chi connectivity index (χ4v) is 4.27. The van der Waals surface area contributed by atoms with Gasteiger partial charge in [0, 0.05) is 49.0 Å². The molecule has 3 aromatic rings. The summed E-state index contributed by atoms with van der Waals surface area (Å²) in [6.07, 6.45) is 5.40. The molecule has 5 nitrogen and oxygen atoms in total. The molecule has 1 amide bonds. The van der Waals surface area contributed by atoms with Gasteiger partial charge in [-0.1, -0.05) is 58.4 Å². The number of rotatable bonds is 4. The Morgan fingerprint density at radius 1 is 1.14 bits per heavy atom. The Balaban J connectivity index is 1.35. The molecule has 0 N–H and O–H groups in total. The lowest BCUT2D eigenvalue weighted by molar-refractivity contribution is 0.132. The summed E-state index contributed by atoms with van der Waals surface area (Å²) in [6, 6.07) is 18.7. The summed E-state index contributed by atoms with van der Waals surface area (Å²) >= 11 is 3.48. The highest BCUT2D eigenvalue weighted by molar-refractivity contribution is 9.10. The number of piperidine rings is 1. The van der Waals surface area contributed by atoms with Crippen molar-refractivity contribution in [3.8, 4) is 11.3 Å². The lowest BCUT2D eigenvalue weighted by atomic mass is 10.0. The number of nitrogens with zero attached hydrogens (tertiary/aromatic N) is 4. The van der Waals surface area contributed by atoms with E-state index >= 15 is 0 Å². The Kier molecular flexibility index (Phi) is 6.11. The first-order chi connectivity index (χ1) is 14.1. The van der Waals surface area contributed by atoms with Gasteiger partial charge in [0.05, 0.1) is 5.69 Å². The summed E-state index contributed by atoms with van der Waals surface area (Å²) in [5, 5.41) is 0. The van der Waals surface area contributed by atoms with Crippen LogP contribution in [0.25, 0.3) is 11.3 Å². The number of carbonyl (C=O) groups excluding carboxylic acids is 1. The van der Waals surface area contributed by atoms with E-state index in [9.17, 15) is 4.79 Å². The summed E-state index contributed by atoms with van der Waals surface area (Å²) in [5.41, 5.74) is 3.13. The average Bonchev–Trinajstić information content (AvgIpc) is 3.24. The van der Waals surface area contributed by atoms with Gasteiger partial charge in [-0.3, -0.25) is 9.47 Å². The van der Waals surface area contributed by atoms with Gasteiger partial charge >= 0.3 is 6.03 Å². The quantitative estimate of drug-likeness (QED) is 0.566. The Morgan fingerprint density at radius 2 is 1.90 bits per heavy atom. The van der Waals surface area contributed by atoms with Gasteiger partial charge in [0.25, 0.3) is 0 Å². The van der Waals surface area contributed by atoms with Crippen molar-refractivity contribution < 1.29 is 4.79 Å². The highest BCUT2D eigenvalue weighted by Crippen LogP contribution is 2.22. The highest BCUT2D eigenvalue weighted by atomic mass is 79.9. The number of imidazole rings is 1. The summed E-state index contributed by atoms with van der Waals surface area (Å²) < 4.78 is 2.59. The number of likely N-dealkylation sites (tertiary alicyclic amines) is 1. The smallest absolute Gasteiger partial charge is 0.324 e. The minimum absolute atomic E-state index is 0.0275. The van der Waals surface area contributed by atoms with E-state index < -0.39 is 0 Å². The molecule has 6 heteroatoms. The number of hydrogen-bond donors (Lipinski definition) is 0. The molecule has 0 radical (unpaired) electrons. The zero-order chi connectivity index (χ0) is 20.2. The molecule has 0 bridgehead atoms. The van der Waals surface area contributed by atoms with Crippen molar-refractivity contribution in [2.24, 2.45) is 0 Å². The second-order valence-corrected chi connectivity index (χ2v) is 8.48. The predicted octanol–water partition coefficient (Wildman–Crippen LogP) is 4.88. The standard InChI is InChI=1S/C23H25BrN4O/c1-26(21-10-12-27(13-11-21)15-18-6-3-2-4-7-18)23(29)28-16-22(25-17-28)19-8-5-9-20(24)14-19/h2-9,14,16-17,21H,10-13,15H2,1H3. The predicted molar refractivity (Wildman–Crippen MR) is 119 cm³/mol. The second kappa shape index (κ2) is 8.93. The molecule has 1 aliphatic heterocycles. The zero-order valence-corrected chi connectivity index (χ0v) is 18.1. The molecule has 0 aliphatic carbocycles. The molecule has 29 heavy (non-hydrogen) atoms. The van der Waals surface area contributed by atoms with Crippen LogP contribution in [0.4, 0.5) is 4.79 Å². The van der Waals surface area contributed by atoms with Crippen LogP contribution in [0.15, 0.2) is 71.6 Å². The van der Waals surface area contributed by atoms with Gasteiger partial charge in [-0.15, -0.1) is 0 Å². The number of amides is 1. The van der Waals surface area contributed by atoms with Gasteiger partial charge in [0.2, 0.25) is 0 Å². The molecule has 2 heterocycles. The highest BCUT2D eigenvalue weighted by Gasteiger charge is 2.26. The average molecular weight is 453 g/mol. The minimum atomic E-state index is -0.0275. The van der Waals surface area contributed by atoms with Gasteiger partial charge in [-0.25, -0.2) is 9.78 Å². The molecular weight excluding hydrogens is 428 g/mol. The Morgan fingerprint density at radius 3 is 2.62 bits per heavy atom. The molecule has 2 aromatic carbocycles. The Labute approximate surface area is 180 Å². The summed E-state index contributed by atoms with van der Waals surface area (Å²) in [7, 11) is 1.90. The number of hydrogen-bond acceptors (Lipinski definition) is 3. The number of halogens is 1. The molecule has 1 fully saturated rings. The maximum absolute atomic E-state index is 13.0. The van der Waals surface area contributed by atoms with Crippen molar-refractivity contribution in [2.75, 3.05) is 20.1 Å². The third kappa shape index (κ3) is 4.77. The maximum Gasteiger partial charge on any atom is 0.329 e. The summed E-state index contributed by atoms with van der Waals surface area (Å²) in [6.45, 7) is 2.98. The molecule has 1 aliphatic rings. The van der Waals surface area contributed by atoms with E-state index in [1.54, 1.807) is 10.9 Å². The van der Waals surface area contributed by atoms with Crippen LogP contribution in [-0.4, -0.2) is 51.6 Å². The molecule has 1 saturated heterocycles. The van der Waals surface area contributed by atoms with Crippen molar-refractivity contribution in [3.05, 3.63) is 77.2 Å². The number of aromatic nitrogens is 2. The van der Waals surface area contributed by atoms with Crippen LogP contribution in [0.1, 0.15) is 18.4 Å². The van der Waals surface area contributed by atoms with E-state index in [0.717, 1.165) is 48.2 Å². The fourth-order valence-electron chi connectivity index (χ4n) is 3.87. The number of carbonyl (C=O) groups is 1. The first kappa shape index (κ1) is 19.9. The van der Waals surface area contributed by atoms with Crippen LogP contribution < -0.4 is 0 Å². The summed E-state index contributed by atoms with van der Waals surface area (Å²) in [4.78, 5) is 21.7. The molecule has 0 atom stereocenters. The van der Waals surface area contributed by atoms with Crippen molar-refractivity contribution >= 4 is 22.0 Å². The van der Waals surface area contributed by atoms with E-state index in [1.807, 2.05) is 42.4 Å². The molecule has 0 unspecified atom stereocenters. The number of benzene rings is 2. The van der Waals surface area contributed by atoms with E-state index in [4.69, 9.17) is 0 Å². The largest absolute Gasteiger partial charge is 0.329 e. The van der Waals surface area contributed by atoms with Crippen molar-refractivity contribution in [3.63, 3.8) is 0 Å². The summed E-state index contributed by atoms with van der Waals surface area (Å²) in [5.74, 6) is 0. The minimum Gasteiger partial charge on any atom is -0.324 e. The first-order valence-corrected chi connectivity index (χ1v) is 10.7. The SMILES string of the molecule is CN(C(=O)n1cnc(-c2cccc(Br)c2)c1)C1CCN(Cc2ccccc2)CC1. The molecule has 0 saturated carbocycles. The normalized spacial score (nSPS) is 15.4. The Bertz CT molecular complexity index is 964. The van der Waals surface area contributed by atoms with Gasteiger partial charge in [0.15, 0.2) is 0 Å². The van der Waals surface area contributed by atoms with Crippen molar-refractivity contribution in [1.29, 1.82) is 0 Å². The molecular formula is C23H25BrN4O.